The van der Waals surface area contributed by atoms with E-state index in [2.05, 4.69) is 17.1 Å². The first-order chi connectivity index (χ1) is 9.19. The van der Waals surface area contributed by atoms with Gasteiger partial charge in [0.1, 0.15) is 5.82 Å². The number of nitrogens with one attached hydrogen (secondary N) is 1. The molecule has 3 rings (SSSR count). The highest BCUT2D eigenvalue weighted by Gasteiger charge is 2.36. The summed E-state index contributed by atoms with van der Waals surface area (Å²) in [6, 6.07) is 6.67. The molecule has 2 atom stereocenters. The van der Waals surface area contributed by atoms with Crippen molar-refractivity contribution in [3.63, 3.8) is 0 Å². The fourth-order valence-corrected chi connectivity index (χ4v) is 3.13. The predicted molar refractivity (Wildman–Crippen MR) is 77.1 cm³/mol. The van der Waals surface area contributed by atoms with Gasteiger partial charge in [0.2, 0.25) is 0 Å². The molecular formula is C16H23FN2. The van der Waals surface area contributed by atoms with Crippen molar-refractivity contribution in [2.24, 2.45) is 5.92 Å². The van der Waals surface area contributed by atoms with Gasteiger partial charge in [-0.05, 0) is 55.9 Å². The van der Waals surface area contributed by atoms with Crippen LogP contribution in [0.3, 0.4) is 0 Å². The minimum atomic E-state index is -0.106. The third kappa shape index (κ3) is 2.62. The zero-order chi connectivity index (χ0) is 13.4. The predicted octanol–water partition coefficient (Wildman–Crippen LogP) is 3.10. The maximum absolute atomic E-state index is 13.4. The lowest BCUT2D eigenvalue weighted by atomic mass is 10.0. The Balaban J connectivity index is 1.82. The van der Waals surface area contributed by atoms with E-state index in [1.807, 2.05) is 19.1 Å². The van der Waals surface area contributed by atoms with Gasteiger partial charge in [-0.3, -0.25) is 0 Å². The summed E-state index contributed by atoms with van der Waals surface area (Å²) in [4.78, 5) is 2.48. The third-order valence-electron chi connectivity index (χ3n) is 4.59. The Hall–Kier alpha value is -1.09. The van der Waals surface area contributed by atoms with Crippen LogP contribution in [0.5, 0.6) is 0 Å². The molecule has 2 nitrogen and oxygen atoms in total. The standard InChI is InChI=1S/C16H23FN2/c1-3-13-9-18-16(12-4-5-12)10-19(13)14-6-7-15(17)11(2)8-14/h6-8,12-13,16,18H,3-5,9-10H2,1-2H3. The summed E-state index contributed by atoms with van der Waals surface area (Å²) >= 11 is 0. The fourth-order valence-electron chi connectivity index (χ4n) is 3.13. The lowest BCUT2D eigenvalue weighted by Gasteiger charge is -2.42. The van der Waals surface area contributed by atoms with E-state index in [0.29, 0.717) is 12.1 Å². The molecule has 0 spiro atoms. The molecule has 3 heteroatoms. The highest BCUT2D eigenvalue weighted by atomic mass is 19.1. The maximum Gasteiger partial charge on any atom is 0.126 e. The number of benzene rings is 1. The van der Waals surface area contributed by atoms with E-state index in [0.717, 1.165) is 31.0 Å². The first-order valence-corrected chi connectivity index (χ1v) is 7.45. The molecule has 1 saturated carbocycles. The van der Waals surface area contributed by atoms with Gasteiger partial charge in [0.15, 0.2) is 0 Å². The van der Waals surface area contributed by atoms with Gasteiger partial charge < -0.3 is 10.2 Å². The van der Waals surface area contributed by atoms with Crippen molar-refractivity contribution in [3.05, 3.63) is 29.6 Å². The smallest absolute Gasteiger partial charge is 0.126 e. The summed E-state index contributed by atoms with van der Waals surface area (Å²) in [5.41, 5.74) is 1.92. The summed E-state index contributed by atoms with van der Waals surface area (Å²) in [6.45, 7) is 6.19. The first-order valence-electron chi connectivity index (χ1n) is 7.45. The SMILES string of the molecule is CCC1CNC(C2CC2)CN1c1ccc(F)c(C)c1. The van der Waals surface area contributed by atoms with Crippen molar-refractivity contribution in [1.82, 2.24) is 5.32 Å². The van der Waals surface area contributed by atoms with Crippen LogP contribution in [0, 0.1) is 18.7 Å². The minimum Gasteiger partial charge on any atom is -0.366 e. The molecule has 1 aromatic rings. The topological polar surface area (TPSA) is 15.3 Å². The van der Waals surface area contributed by atoms with Crippen LogP contribution in [0.4, 0.5) is 10.1 Å². The number of rotatable bonds is 3. The Labute approximate surface area is 115 Å². The Kier molecular flexibility index (Phi) is 3.48. The van der Waals surface area contributed by atoms with Gasteiger partial charge in [0.05, 0.1) is 0 Å². The van der Waals surface area contributed by atoms with Crippen molar-refractivity contribution in [2.75, 3.05) is 18.0 Å². The highest BCUT2D eigenvalue weighted by Crippen LogP contribution is 2.35. The van der Waals surface area contributed by atoms with Crippen LogP contribution in [0.1, 0.15) is 31.7 Å². The van der Waals surface area contributed by atoms with Crippen LogP contribution < -0.4 is 10.2 Å². The summed E-state index contributed by atoms with van der Waals surface area (Å²) in [5, 5.41) is 3.69. The molecule has 1 aliphatic carbocycles. The number of aryl methyl sites for hydroxylation is 1. The van der Waals surface area contributed by atoms with Gasteiger partial charge in [-0.25, -0.2) is 4.39 Å². The number of nitrogens with zero attached hydrogens (tertiary/aromatic N) is 1. The van der Waals surface area contributed by atoms with Gasteiger partial charge in [-0.1, -0.05) is 6.92 Å². The van der Waals surface area contributed by atoms with Gasteiger partial charge >= 0.3 is 0 Å². The Bertz CT molecular complexity index is 456. The van der Waals surface area contributed by atoms with E-state index in [1.165, 1.54) is 18.5 Å². The van der Waals surface area contributed by atoms with Crippen molar-refractivity contribution in [2.45, 2.75) is 45.2 Å². The number of halogens is 1. The van der Waals surface area contributed by atoms with Crippen LogP contribution in [0.2, 0.25) is 0 Å². The fraction of sp³-hybridized carbons (Fsp3) is 0.625. The Morgan fingerprint density at radius 3 is 2.79 bits per heavy atom. The van der Waals surface area contributed by atoms with Crippen LogP contribution in [0.15, 0.2) is 18.2 Å². The van der Waals surface area contributed by atoms with Gasteiger partial charge in [-0.15, -0.1) is 0 Å². The molecule has 0 amide bonds. The summed E-state index contributed by atoms with van der Waals surface area (Å²) < 4.78 is 13.4. The largest absolute Gasteiger partial charge is 0.366 e. The quantitative estimate of drug-likeness (QED) is 0.900. The van der Waals surface area contributed by atoms with Crippen molar-refractivity contribution in [3.8, 4) is 0 Å². The number of hydrogen-bond acceptors (Lipinski definition) is 2. The molecule has 1 heterocycles. The second-order valence-corrected chi connectivity index (χ2v) is 6.00. The molecule has 0 bridgehead atoms. The summed E-state index contributed by atoms with van der Waals surface area (Å²) in [6.07, 6.45) is 3.86. The average Bonchev–Trinajstić information content (AvgIpc) is 3.26. The monoisotopic (exact) mass is 262 g/mol. The second kappa shape index (κ2) is 5.12. The van der Waals surface area contributed by atoms with Crippen molar-refractivity contribution < 1.29 is 4.39 Å². The minimum absolute atomic E-state index is 0.106. The summed E-state index contributed by atoms with van der Waals surface area (Å²) in [5.74, 6) is 0.757. The molecule has 0 aromatic heterocycles. The van der Waals surface area contributed by atoms with E-state index in [1.54, 1.807) is 6.07 Å². The molecule has 1 aliphatic heterocycles. The normalized spacial score (nSPS) is 27.6. The second-order valence-electron chi connectivity index (χ2n) is 6.00. The molecule has 2 fully saturated rings. The summed E-state index contributed by atoms with van der Waals surface area (Å²) in [7, 11) is 0. The van der Waals surface area contributed by atoms with E-state index in [4.69, 9.17) is 0 Å². The third-order valence-corrected chi connectivity index (χ3v) is 4.59. The van der Waals surface area contributed by atoms with Crippen molar-refractivity contribution >= 4 is 5.69 Å². The first kappa shape index (κ1) is 12.9. The zero-order valence-corrected chi connectivity index (χ0v) is 11.8. The molecule has 1 aromatic carbocycles. The van der Waals surface area contributed by atoms with Crippen LogP contribution in [-0.2, 0) is 0 Å². The number of piperazine rings is 1. The van der Waals surface area contributed by atoms with E-state index in [-0.39, 0.29) is 5.82 Å². The number of hydrogen-bond donors (Lipinski definition) is 1. The van der Waals surface area contributed by atoms with Gasteiger partial charge in [-0.2, -0.15) is 0 Å². The lowest BCUT2D eigenvalue weighted by Crippen LogP contribution is -2.57. The highest BCUT2D eigenvalue weighted by molar-refractivity contribution is 5.50. The molecule has 1 saturated heterocycles. The maximum atomic E-state index is 13.4. The Morgan fingerprint density at radius 1 is 1.37 bits per heavy atom. The van der Waals surface area contributed by atoms with E-state index < -0.39 is 0 Å². The van der Waals surface area contributed by atoms with Gasteiger partial charge in [0, 0.05) is 30.9 Å². The molecule has 2 unspecified atom stereocenters. The van der Waals surface area contributed by atoms with Gasteiger partial charge in [0.25, 0.3) is 0 Å². The zero-order valence-electron chi connectivity index (χ0n) is 11.8. The average molecular weight is 262 g/mol. The molecule has 104 valence electrons. The van der Waals surface area contributed by atoms with Crippen molar-refractivity contribution in [1.29, 1.82) is 0 Å². The van der Waals surface area contributed by atoms with E-state index in [9.17, 15) is 4.39 Å². The van der Waals surface area contributed by atoms with Crippen LogP contribution in [0.25, 0.3) is 0 Å². The molecular weight excluding hydrogens is 239 g/mol. The van der Waals surface area contributed by atoms with Crippen LogP contribution in [-0.4, -0.2) is 25.2 Å². The molecule has 0 radical (unpaired) electrons. The Morgan fingerprint density at radius 2 is 2.16 bits per heavy atom. The van der Waals surface area contributed by atoms with Crippen LogP contribution >= 0.6 is 0 Å². The number of anilines is 1. The molecule has 1 N–H and O–H groups in total. The lowest BCUT2D eigenvalue weighted by molar-refractivity contribution is 0.359. The van der Waals surface area contributed by atoms with E-state index >= 15 is 0 Å². The molecule has 2 aliphatic rings. The molecule has 19 heavy (non-hydrogen) atoms.